The molecule has 0 radical (unpaired) electrons. The van der Waals surface area contributed by atoms with Gasteiger partial charge < -0.3 is 10.1 Å². The number of benzene rings is 1. The molecule has 0 aromatic heterocycles. The van der Waals surface area contributed by atoms with Gasteiger partial charge in [0, 0.05) is 18.6 Å². The Hall–Kier alpha value is -1.35. The fraction of sp³-hybridized carbons (Fsp3) is 0.588. The van der Waals surface area contributed by atoms with Crippen molar-refractivity contribution >= 4 is 5.91 Å². The van der Waals surface area contributed by atoms with Gasteiger partial charge in [-0.1, -0.05) is 43.2 Å². The minimum atomic E-state index is -0.218. The number of carbonyl (C=O) groups is 1. The van der Waals surface area contributed by atoms with E-state index in [4.69, 9.17) is 4.74 Å². The summed E-state index contributed by atoms with van der Waals surface area (Å²) >= 11 is 0. The Morgan fingerprint density at radius 3 is 2.60 bits per heavy atom. The van der Waals surface area contributed by atoms with Crippen LogP contribution < -0.4 is 5.32 Å². The number of amides is 1. The predicted molar refractivity (Wildman–Crippen MR) is 78.6 cm³/mol. The third-order valence-corrected chi connectivity index (χ3v) is 4.77. The number of hydrogen-bond acceptors (Lipinski definition) is 2. The van der Waals surface area contributed by atoms with Crippen LogP contribution in [0.3, 0.4) is 0 Å². The van der Waals surface area contributed by atoms with E-state index in [-0.39, 0.29) is 17.4 Å². The van der Waals surface area contributed by atoms with E-state index in [1.54, 1.807) is 0 Å². The summed E-state index contributed by atoms with van der Waals surface area (Å²) in [5, 5.41) is 3.14. The van der Waals surface area contributed by atoms with E-state index < -0.39 is 0 Å². The lowest BCUT2D eigenvalue weighted by atomic mass is 9.79. The van der Waals surface area contributed by atoms with Gasteiger partial charge in [0.05, 0.1) is 0 Å². The molecular weight excluding hydrogens is 250 g/mol. The first-order chi connectivity index (χ1) is 9.80. The minimum Gasteiger partial charge on any atom is -0.368 e. The maximum absolute atomic E-state index is 12.1. The lowest BCUT2D eigenvalue weighted by Crippen LogP contribution is -2.43. The molecule has 2 fully saturated rings. The third kappa shape index (κ3) is 2.73. The molecule has 1 atom stereocenters. The Balaban J connectivity index is 1.67. The molecule has 3 rings (SSSR count). The summed E-state index contributed by atoms with van der Waals surface area (Å²) in [6.45, 7) is 1.47. The zero-order valence-electron chi connectivity index (χ0n) is 11.9. The van der Waals surface area contributed by atoms with Gasteiger partial charge in [-0.2, -0.15) is 0 Å². The van der Waals surface area contributed by atoms with Crippen LogP contribution in [-0.4, -0.2) is 25.2 Å². The molecule has 0 spiro atoms. The molecule has 20 heavy (non-hydrogen) atoms. The Morgan fingerprint density at radius 1 is 1.20 bits per heavy atom. The Bertz CT molecular complexity index is 445. The van der Waals surface area contributed by atoms with Crippen LogP contribution in [0.15, 0.2) is 30.3 Å². The largest absolute Gasteiger partial charge is 0.368 e. The van der Waals surface area contributed by atoms with Crippen LogP contribution in [-0.2, 0) is 14.9 Å². The Kier molecular flexibility index (Phi) is 4.06. The molecular formula is C17H23NO2. The Morgan fingerprint density at radius 2 is 1.95 bits per heavy atom. The van der Waals surface area contributed by atoms with Gasteiger partial charge >= 0.3 is 0 Å². The zero-order chi connectivity index (χ0) is 13.8. The fourth-order valence-corrected chi connectivity index (χ4v) is 3.57. The first-order valence-corrected chi connectivity index (χ1v) is 7.75. The van der Waals surface area contributed by atoms with Gasteiger partial charge in [-0.25, -0.2) is 0 Å². The van der Waals surface area contributed by atoms with Crippen LogP contribution in [0.4, 0.5) is 0 Å². The highest BCUT2D eigenvalue weighted by Gasteiger charge is 2.36. The van der Waals surface area contributed by atoms with Gasteiger partial charge in [-0.05, 0) is 31.2 Å². The van der Waals surface area contributed by atoms with Crippen LogP contribution in [0.5, 0.6) is 0 Å². The van der Waals surface area contributed by atoms with Crippen molar-refractivity contribution in [2.75, 3.05) is 13.2 Å². The molecule has 2 aliphatic rings. The fourth-order valence-electron chi connectivity index (χ4n) is 3.57. The van der Waals surface area contributed by atoms with Gasteiger partial charge in [-0.15, -0.1) is 0 Å². The maximum Gasteiger partial charge on any atom is 0.249 e. The molecule has 1 N–H and O–H groups in total. The molecule has 1 aromatic rings. The van der Waals surface area contributed by atoms with Crippen LogP contribution in [0.1, 0.15) is 44.1 Å². The van der Waals surface area contributed by atoms with E-state index in [9.17, 15) is 4.79 Å². The van der Waals surface area contributed by atoms with E-state index in [2.05, 4.69) is 35.6 Å². The van der Waals surface area contributed by atoms with Crippen molar-refractivity contribution in [1.29, 1.82) is 0 Å². The normalized spacial score (nSPS) is 24.7. The molecule has 1 aliphatic heterocycles. The first kappa shape index (κ1) is 13.6. The second-order valence-corrected chi connectivity index (χ2v) is 6.07. The standard InChI is InChI=1S/C17H23NO2/c19-16(15-9-6-12-20-15)18-13-17(10-4-5-11-17)14-7-2-1-3-8-14/h1-3,7-8,15H,4-6,9-13H2,(H,18,19). The van der Waals surface area contributed by atoms with E-state index >= 15 is 0 Å². The summed E-state index contributed by atoms with van der Waals surface area (Å²) < 4.78 is 5.46. The van der Waals surface area contributed by atoms with Gasteiger partial charge in [0.2, 0.25) is 5.91 Å². The van der Waals surface area contributed by atoms with E-state index in [0.717, 1.165) is 26.0 Å². The lowest BCUT2D eigenvalue weighted by Gasteiger charge is -2.30. The maximum atomic E-state index is 12.1. The van der Waals surface area contributed by atoms with Crippen molar-refractivity contribution in [1.82, 2.24) is 5.32 Å². The summed E-state index contributed by atoms with van der Waals surface area (Å²) in [7, 11) is 0. The third-order valence-electron chi connectivity index (χ3n) is 4.77. The summed E-state index contributed by atoms with van der Waals surface area (Å²) in [5.74, 6) is 0.0738. The molecule has 0 bridgehead atoms. The number of rotatable bonds is 4. The summed E-state index contributed by atoms with van der Waals surface area (Å²) in [4.78, 5) is 12.1. The van der Waals surface area contributed by atoms with E-state index in [0.29, 0.717) is 0 Å². The summed E-state index contributed by atoms with van der Waals surface area (Å²) in [6.07, 6.45) is 6.50. The van der Waals surface area contributed by atoms with Crippen molar-refractivity contribution < 1.29 is 9.53 Å². The van der Waals surface area contributed by atoms with E-state index in [1.165, 1.54) is 31.2 Å². The van der Waals surface area contributed by atoms with Crippen molar-refractivity contribution in [3.05, 3.63) is 35.9 Å². The average molecular weight is 273 g/mol. The predicted octanol–water partition coefficient (Wildman–Crippen LogP) is 2.79. The molecule has 1 aromatic carbocycles. The molecule has 3 nitrogen and oxygen atoms in total. The highest BCUT2D eigenvalue weighted by atomic mass is 16.5. The average Bonchev–Trinajstić information content (AvgIpc) is 3.18. The van der Waals surface area contributed by atoms with Gasteiger partial charge in [0.1, 0.15) is 6.10 Å². The SMILES string of the molecule is O=C(NCC1(c2ccccc2)CCCC1)C1CCCO1. The molecule has 1 amide bonds. The number of carbonyl (C=O) groups excluding carboxylic acids is 1. The lowest BCUT2D eigenvalue weighted by molar-refractivity contribution is -0.130. The van der Waals surface area contributed by atoms with Crippen LogP contribution in [0.25, 0.3) is 0 Å². The highest BCUT2D eigenvalue weighted by Crippen LogP contribution is 2.40. The molecule has 3 heteroatoms. The van der Waals surface area contributed by atoms with Crippen molar-refractivity contribution in [3.8, 4) is 0 Å². The summed E-state index contributed by atoms with van der Waals surface area (Å²) in [5.41, 5.74) is 1.50. The number of hydrogen-bond donors (Lipinski definition) is 1. The molecule has 1 unspecified atom stereocenters. The Labute approximate surface area is 120 Å². The van der Waals surface area contributed by atoms with E-state index in [1.807, 2.05) is 0 Å². The second kappa shape index (κ2) is 5.96. The smallest absolute Gasteiger partial charge is 0.249 e. The molecule has 1 aliphatic carbocycles. The molecule has 1 heterocycles. The molecule has 108 valence electrons. The van der Waals surface area contributed by atoms with Crippen molar-refractivity contribution in [3.63, 3.8) is 0 Å². The number of nitrogens with one attached hydrogen (secondary N) is 1. The van der Waals surface area contributed by atoms with Gasteiger partial charge in [-0.3, -0.25) is 4.79 Å². The van der Waals surface area contributed by atoms with Gasteiger partial charge in [0.25, 0.3) is 0 Å². The van der Waals surface area contributed by atoms with Crippen LogP contribution >= 0.6 is 0 Å². The highest BCUT2D eigenvalue weighted by molar-refractivity contribution is 5.81. The number of ether oxygens (including phenoxy) is 1. The monoisotopic (exact) mass is 273 g/mol. The summed E-state index contributed by atoms with van der Waals surface area (Å²) in [6, 6.07) is 10.6. The topological polar surface area (TPSA) is 38.3 Å². The van der Waals surface area contributed by atoms with Crippen LogP contribution in [0.2, 0.25) is 0 Å². The minimum absolute atomic E-state index is 0.0738. The first-order valence-electron chi connectivity index (χ1n) is 7.75. The van der Waals surface area contributed by atoms with Crippen LogP contribution in [0, 0.1) is 0 Å². The van der Waals surface area contributed by atoms with Crippen molar-refractivity contribution in [2.45, 2.75) is 50.0 Å². The zero-order valence-corrected chi connectivity index (χ0v) is 11.9. The molecule has 1 saturated carbocycles. The quantitative estimate of drug-likeness (QED) is 0.916. The second-order valence-electron chi connectivity index (χ2n) is 6.07. The molecule has 1 saturated heterocycles. The van der Waals surface area contributed by atoms with Crippen molar-refractivity contribution in [2.24, 2.45) is 0 Å². The van der Waals surface area contributed by atoms with Gasteiger partial charge in [0.15, 0.2) is 0 Å².